The molecule has 1 saturated carbocycles. The van der Waals surface area contributed by atoms with Crippen LogP contribution >= 0.6 is 0 Å². The highest BCUT2D eigenvalue weighted by molar-refractivity contribution is 5.77. The lowest BCUT2D eigenvalue weighted by Crippen LogP contribution is -2.53. The molecule has 0 radical (unpaired) electrons. The fourth-order valence-electron chi connectivity index (χ4n) is 2.28. The maximum Gasteiger partial charge on any atom is 0.313 e. The molecule has 0 aromatic carbocycles. The Kier molecular flexibility index (Phi) is 4.82. The Morgan fingerprint density at radius 1 is 1.28 bits per heavy atom. The normalized spacial score (nSPS) is 25.9. The fourth-order valence-corrected chi connectivity index (χ4v) is 2.28. The Labute approximate surface area is 111 Å². The highest BCUT2D eigenvalue weighted by Crippen LogP contribution is 2.33. The van der Waals surface area contributed by atoms with Crippen LogP contribution in [0.15, 0.2) is 0 Å². The summed E-state index contributed by atoms with van der Waals surface area (Å²) in [7, 11) is 0. The topological polar surface area (TPSA) is 52.3 Å². The Balaban J connectivity index is 2.59. The second-order valence-electron chi connectivity index (χ2n) is 6.81. The van der Waals surface area contributed by atoms with Crippen LogP contribution in [0.3, 0.4) is 0 Å². The molecule has 106 valence electrons. The van der Waals surface area contributed by atoms with Gasteiger partial charge in [0.2, 0.25) is 0 Å². The molecule has 18 heavy (non-hydrogen) atoms. The van der Waals surface area contributed by atoms with Crippen molar-refractivity contribution in [1.82, 2.24) is 0 Å². The summed E-state index contributed by atoms with van der Waals surface area (Å²) in [4.78, 5) is 12.3. The number of esters is 1. The van der Waals surface area contributed by atoms with Crippen molar-refractivity contribution in [2.45, 2.75) is 78.4 Å². The summed E-state index contributed by atoms with van der Waals surface area (Å²) in [5.74, 6) is 0.558. The molecule has 0 saturated heterocycles. The Hall–Kier alpha value is -0.570. The first kappa shape index (κ1) is 15.5. The van der Waals surface area contributed by atoms with Crippen LogP contribution in [-0.4, -0.2) is 17.6 Å². The van der Waals surface area contributed by atoms with Gasteiger partial charge in [-0.3, -0.25) is 4.79 Å². The van der Waals surface area contributed by atoms with Crippen LogP contribution < -0.4 is 5.73 Å². The molecule has 0 bridgehead atoms. The smallest absolute Gasteiger partial charge is 0.313 e. The lowest BCUT2D eigenvalue weighted by atomic mass is 9.75. The molecule has 0 spiro atoms. The van der Waals surface area contributed by atoms with Gasteiger partial charge in [-0.1, -0.05) is 19.8 Å². The van der Waals surface area contributed by atoms with E-state index in [-0.39, 0.29) is 12.1 Å². The Bertz CT molecular complexity index is 291. The van der Waals surface area contributed by atoms with Crippen LogP contribution in [0.5, 0.6) is 0 Å². The summed E-state index contributed by atoms with van der Waals surface area (Å²) in [5.41, 5.74) is 4.86. The molecule has 0 heterocycles. The van der Waals surface area contributed by atoms with Crippen LogP contribution in [0.2, 0.25) is 0 Å². The summed E-state index contributed by atoms with van der Waals surface area (Å²) < 4.78 is 5.70. The third-order valence-corrected chi connectivity index (χ3v) is 4.71. The van der Waals surface area contributed by atoms with Crippen molar-refractivity contribution in [3.05, 3.63) is 0 Å². The molecular formula is C15H29NO2. The van der Waals surface area contributed by atoms with E-state index in [0.29, 0.717) is 5.92 Å². The molecule has 0 aromatic heterocycles. The molecule has 2 unspecified atom stereocenters. The molecule has 0 aromatic rings. The van der Waals surface area contributed by atoms with Crippen LogP contribution in [0.1, 0.15) is 66.7 Å². The van der Waals surface area contributed by atoms with Gasteiger partial charge in [0, 0.05) is 5.54 Å². The van der Waals surface area contributed by atoms with E-state index in [9.17, 15) is 4.79 Å². The lowest BCUT2D eigenvalue weighted by molar-refractivity contribution is -0.165. The molecule has 1 fully saturated rings. The second-order valence-corrected chi connectivity index (χ2v) is 6.81. The van der Waals surface area contributed by atoms with Gasteiger partial charge in [0.15, 0.2) is 0 Å². The highest BCUT2D eigenvalue weighted by Gasteiger charge is 2.43. The summed E-state index contributed by atoms with van der Waals surface area (Å²) in [6.07, 6.45) is 5.74. The molecule has 1 rings (SSSR count). The van der Waals surface area contributed by atoms with Crippen molar-refractivity contribution >= 4 is 5.97 Å². The first-order valence-electron chi connectivity index (χ1n) is 7.18. The summed E-state index contributed by atoms with van der Waals surface area (Å²) >= 11 is 0. The number of ether oxygens (including phenoxy) is 1. The fraction of sp³-hybridized carbons (Fsp3) is 0.933. The van der Waals surface area contributed by atoms with Crippen molar-refractivity contribution in [2.75, 3.05) is 0 Å². The summed E-state index contributed by atoms with van der Waals surface area (Å²) in [6.45, 7) is 9.71. The Morgan fingerprint density at radius 2 is 1.89 bits per heavy atom. The molecule has 1 aliphatic carbocycles. The third kappa shape index (κ3) is 3.47. The number of carbonyl (C=O) groups excluding carboxylic acids is 1. The summed E-state index contributed by atoms with van der Waals surface area (Å²) in [5, 5.41) is 0. The van der Waals surface area contributed by atoms with E-state index >= 15 is 0 Å². The van der Waals surface area contributed by atoms with Crippen LogP contribution in [0, 0.1) is 11.3 Å². The van der Waals surface area contributed by atoms with E-state index in [4.69, 9.17) is 10.5 Å². The minimum Gasteiger partial charge on any atom is -0.462 e. The Morgan fingerprint density at radius 3 is 2.39 bits per heavy atom. The van der Waals surface area contributed by atoms with E-state index in [2.05, 4.69) is 6.92 Å². The van der Waals surface area contributed by atoms with Gasteiger partial charge in [-0.15, -0.1) is 0 Å². The molecule has 0 aliphatic heterocycles. The molecule has 2 atom stereocenters. The number of hydrogen-bond donors (Lipinski definition) is 1. The van der Waals surface area contributed by atoms with Gasteiger partial charge >= 0.3 is 5.97 Å². The maximum absolute atomic E-state index is 12.3. The minimum absolute atomic E-state index is 0.0952. The van der Waals surface area contributed by atoms with Crippen molar-refractivity contribution in [3.63, 3.8) is 0 Å². The molecule has 3 heteroatoms. The molecule has 1 aliphatic rings. The zero-order valence-corrected chi connectivity index (χ0v) is 12.6. The quantitative estimate of drug-likeness (QED) is 0.784. The monoisotopic (exact) mass is 255 g/mol. The molecule has 3 nitrogen and oxygen atoms in total. The lowest BCUT2D eigenvalue weighted by Gasteiger charge is -2.38. The van der Waals surface area contributed by atoms with E-state index in [0.717, 1.165) is 12.8 Å². The first-order chi connectivity index (χ1) is 8.18. The van der Waals surface area contributed by atoms with Crippen molar-refractivity contribution in [2.24, 2.45) is 17.1 Å². The van der Waals surface area contributed by atoms with Gasteiger partial charge in [0.05, 0.1) is 5.41 Å². The minimum atomic E-state index is -0.647. The first-order valence-corrected chi connectivity index (χ1v) is 7.18. The van der Waals surface area contributed by atoms with Gasteiger partial charge < -0.3 is 10.5 Å². The predicted octanol–water partition coefficient (Wildman–Crippen LogP) is 3.26. The van der Waals surface area contributed by atoms with Crippen molar-refractivity contribution < 1.29 is 9.53 Å². The van der Waals surface area contributed by atoms with E-state index in [1.807, 2.05) is 27.7 Å². The van der Waals surface area contributed by atoms with Gasteiger partial charge in [0.1, 0.15) is 6.10 Å². The van der Waals surface area contributed by atoms with E-state index < -0.39 is 11.0 Å². The SMILES string of the molecule is CCC1CCCC(OC(=O)C(C)(C)C(C)(C)N)C1. The molecule has 0 amide bonds. The van der Waals surface area contributed by atoms with Gasteiger partial charge in [-0.2, -0.15) is 0 Å². The largest absolute Gasteiger partial charge is 0.462 e. The van der Waals surface area contributed by atoms with Gasteiger partial charge in [-0.05, 0) is 52.9 Å². The maximum atomic E-state index is 12.3. The number of carbonyl (C=O) groups is 1. The van der Waals surface area contributed by atoms with Crippen molar-refractivity contribution in [1.29, 1.82) is 0 Å². The zero-order chi connectivity index (χ0) is 14.0. The van der Waals surface area contributed by atoms with E-state index in [1.165, 1.54) is 19.3 Å². The van der Waals surface area contributed by atoms with Crippen LogP contribution in [-0.2, 0) is 9.53 Å². The highest BCUT2D eigenvalue weighted by atomic mass is 16.5. The number of nitrogens with two attached hydrogens (primary N) is 1. The van der Waals surface area contributed by atoms with Crippen molar-refractivity contribution in [3.8, 4) is 0 Å². The summed E-state index contributed by atoms with van der Waals surface area (Å²) in [6, 6.07) is 0. The van der Waals surface area contributed by atoms with Gasteiger partial charge in [0.25, 0.3) is 0 Å². The zero-order valence-electron chi connectivity index (χ0n) is 12.6. The van der Waals surface area contributed by atoms with Crippen LogP contribution in [0.4, 0.5) is 0 Å². The predicted molar refractivity (Wildman–Crippen MR) is 74.2 cm³/mol. The van der Waals surface area contributed by atoms with Crippen LogP contribution in [0.25, 0.3) is 0 Å². The molecule has 2 N–H and O–H groups in total. The number of rotatable bonds is 4. The van der Waals surface area contributed by atoms with E-state index in [1.54, 1.807) is 0 Å². The van der Waals surface area contributed by atoms with Gasteiger partial charge in [-0.25, -0.2) is 0 Å². The molecular weight excluding hydrogens is 226 g/mol. The second kappa shape index (κ2) is 5.60. The average Bonchev–Trinajstić information content (AvgIpc) is 2.27. The standard InChI is InChI=1S/C15H29NO2/c1-6-11-8-7-9-12(10-11)18-13(17)14(2,3)15(4,5)16/h11-12H,6-10,16H2,1-5H3. The number of hydrogen-bond acceptors (Lipinski definition) is 3. The third-order valence-electron chi connectivity index (χ3n) is 4.71. The average molecular weight is 255 g/mol.